The number of halogens is 2. The van der Waals surface area contributed by atoms with Gasteiger partial charge in [-0.3, -0.25) is 9.97 Å². The maximum absolute atomic E-state index is 6.11. The molecule has 5 rings (SSSR count). The first-order valence-corrected chi connectivity index (χ1v) is 11.7. The van der Waals surface area contributed by atoms with Gasteiger partial charge in [0.2, 0.25) is 0 Å². The quantitative estimate of drug-likeness (QED) is 0.333. The Kier molecular flexibility index (Phi) is 6.30. The molecule has 5 nitrogen and oxygen atoms in total. The normalized spacial score (nSPS) is 18.7. The van der Waals surface area contributed by atoms with Crippen LogP contribution in [0.1, 0.15) is 6.42 Å². The molecule has 1 fully saturated rings. The molecule has 3 heterocycles. The minimum atomic E-state index is 0.555. The molecule has 0 saturated carbocycles. The molecule has 0 radical (unpaired) electrons. The van der Waals surface area contributed by atoms with Crippen molar-refractivity contribution in [1.29, 1.82) is 0 Å². The lowest BCUT2D eigenvalue weighted by atomic mass is 9.90. The maximum Gasteiger partial charge on any atom is 0.0737 e. The van der Waals surface area contributed by atoms with Gasteiger partial charge in [0.15, 0.2) is 0 Å². The van der Waals surface area contributed by atoms with E-state index in [1.165, 1.54) is 0 Å². The van der Waals surface area contributed by atoms with Gasteiger partial charge in [-0.1, -0.05) is 23.2 Å². The number of piperidine rings is 1. The smallest absolute Gasteiger partial charge is 0.0737 e. The van der Waals surface area contributed by atoms with Crippen molar-refractivity contribution < 1.29 is 0 Å². The van der Waals surface area contributed by atoms with Crippen LogP contribution in [0.3, 0.4) is 0 Å². The van der Waals surface area contributed by atoms with Crippen molar-refractivity contribution in [2.75, 3.05) is 36.8 Å². The molecule has 0 aliphatic carbocycles. The van der Waals surface area contributed by atoms with Gasteiger partial charge in [0.25, 0.3) is 0 Å². The molecule has 1 aliphatic heterocycles. The minimum Gasteiger partial charge on any atom is -0.384 e. The van der Waals surface area contributed by atoms with E-state index in [2.05, 4.69) is 25.9 Å². The molecule has 2 unspecified atom stereocenters. The Balaban J connectivity index is 1.20. The number of nitrogens with zero attached hydrogens (tertiary/aromatic N) is 2. The highest BCUT2D eigenvalue weighted by atomic mass is 35.5. The molecule has 164 valence electrons. The number of fused-ring (bicyclic) bond motifs is 2. The van der Waals surface area contributed by atoms with E-state index >= 15 is 0 Å². The predicted octanol–water partition coefficient (Wildman–Crippen LogP) is 5.84. The standard InChI is InChI=1S/C25H25Cl2N5/c26-18-1-3-20-22(5-7-29-24(20)10-18)31-14-16-9-17(13-28-12-16)15-32-23-6-8-30-25-11-19(27)2-4-21(23)25/h1-8,10-11,16-17,28H,9,12-15H2,(H,29,31)(H,30,32). The van der Waals surface area contributed by atoms with Crippen molar-refractivity contribution >= 4 is 56.4 Å². The molecular weight excluding hydrogens is 441 g/mol. The summed E-state index contributed by atoms with van der Waals surface area (Å²) in [5.41, 5.74) is 4.04. The molecule has 0 spiro atoms. The lowest BCUT2D eigenvalue weighted by Crippen LogP contribution is -2.41. The predicted molar refractivity (Wildman–Crippen MR) is 135 cm³/mol. The number of benzene rings is 2. The van der Waals surface area contributed by atoms with Gasteiger partial charge >= 0.3 is 0 Å². The molecular formula is C25H25Cl2N5. The van der Waals surface area contributed by atoms with Gasteiger partial charge in [-0.05, 0) is 79.9 Å². The van der Waals surface area contributed by atoms with Crippen LogP contribution in [-0.4, -0.2) is 36.1 Å². The van der Waals surface area contributed by atoms with Crippen LogP contribution in [0.4, 0.5) is 11.4 Å². The Morgan fingerprint density at radius 3 is 1.75 bits per heavy atom. The summed E-state index contributed by atoms with van der Waals surface area (Å²) in [6.45, 7) is 3.88. The van der Waals surface area contributed by atoms with Crippen LogP contribution in [0, 0.1) is 11.8 Å². The third-order valence-corrected chi connectivity index (χ3v) is 6.57. The Bertz CT molecular complexity index is 1150. The van der Waals surface area contributed by atoms with E-state index in [9.17, 15) is 0 Å². The molecule has 2 atom stereocenters. The molecule has 32 heavy (non-hydrogen) atoms. The minimum absolute atomic E-state index is 0.555. The van der Waals surface area contributed by atoms with Gasteiger partial charge < -0.3 is 16.0 Å². The number of hydrogen-bond donors (Lipinski definition) is 3. The molecule has 2 aromatic carbocycles. The van der Waals surface area contributed by atoms with E-state index < -0.39 is 0 Å². The topological polar surface area (TPSA) is 61.9 Å². The van der Waals surface area contributed by atoms with Crippen molar-refractivity contribution in [2.45, 2.75) is 6.42 Å². The van der Waals surface area contributed by atoms with Crippen molar-refractivity contribution in [1.82, 2.24) is 15.3 Å². The highest BCUT2D eigenvalue weighted by molar-refractivity contribution is 6.31. The summed E-state index contributed by atoms with van der Waals surface area (Å²) < 4.78 is 0. The summed E-state index contributed by atoms with van der Waals surface area (Å²) >= 11 is 12.2. The molecule has 2 aromatic heterocycles. The maximum atomic E-state index is 6.11. The molecule has 4 aromatic rings. The van der Waals surface area contributed by atoms with Crippen molar-refractivity contribution in [3.8, 4) is 0 Å². The van der Waals surface area contributed by atoms with Crippen molar-refractivity contribution in [3.05, 3.63) is 71.0 Å². The largest absolute Gasteiger partial charge is 0.384 e. The van der Waals surface area contributed by atoms with Crippen molar-refractivity contribution in [3.63, 3.8) is 0 Å². The number of aromatic nitrogens is 2. The highest BCUT2D eigenvalue weighted by Crippen LogP contribution is 2.27. The molecule has 1 saturated heterocycles. The Labute approximate surface area is 197 Å². The summed E-state index contributed by atoms with van der Waals surface area (Å²) in [7, 11) is 0. The van der Waals surface area contributed by atoms with Crippen LogP contribution < -0.4 is 16.0 Å². The van der Waals surface area contributed by atoms with E-state index in [4.69, 9.17) is 23.2 Å². The second kappa shape index (κ2) is 9.49. The molecule has 3 N–H and O–H groups in total. The van der Waals surface area contributed by atoms with E-state index in [0.29, 0.717) is 21.9 Å². The van der Waals surface area contributed by atoms with Gasteiger partial charge in [0.05, 0.1) is 11.0 Å². The van der Waals surface area contributed by atoms with Crippen LogP contribution in [0.5, 0.6) is 0 Å². The average molecular weight is 466 g/mol. The van der Waals surface area contributed by atoms with Crippen LogP contribution in [0.25, 0.3) is 21.8 Å². The van der Waals surface area contributed by atoms with Gasteiger partial charge in [-0.2, -0.15) is 0 Å². The van der Waals surface area contributed by atoms with E-state index in [0.717, 1.165) is 65.8 Å². The zero-order valence-corrected chi connectivity index (χ0v) is 19.1. The fourth-order valence-corrected chi connectivity index (χ4v) is 4.83. The van der Waals surface area contributed by atoms with Crippen LogP contribution in [0.15, 0.2) is 60.9 Å². The second-order valence-electron chi connectivity index (χ2n) is 8.43. The average Bonchev–Trinajstić information content (AvgIpc) is 2.81. The number of pyridine rings is 2. The zero-order chi connectivity index (χ0) is 21.9. The second-order valence-corrected chi connectivity index (χ2v) is 9.30. The Morgan fingerprint density at radius 1 is 0.750 bits per heavy atom. The Morgan fingerprint density at radius 2 is 1.25 bits per heavy atom. The van der Waals surface area contributed by atoms with Gasteiger partial charge in [0.1, 0.15) is 0 Å². The first-order valence-electron chi connectivity index (χ1n) is 10.9. The fraction of sp³-hybridized carbons (Fsp3) is 0.280. The monoisotopic (exact) mass is 465 g/mol. The van der Waals surface area contributed by atoms with Gasteiger partial charge in [-0.25, -0.2) is 0 Å². The number of nitrogens with one attached hydrogen (secondary N) is 3. The summed E-state index contributed by atoms with van der Waals surface area (Å²) in [6.07, 6.45) is 4.83. The summed E-state index contributed by atoms with van der Waals surface area (Å²) in [4.78, 5) is 8.86. The molecule has 0 amide bonds. The number of anilines is 2. The molecule has 0 bridgehead atoms. The fourth-order valence-electron chi connectivity index (χ4n) is 4.50. The van der Waals surface area contributed by atoms with Crippen LogP contribution >= 0.6 is 23.2 Å². The van der Waals surface area contributed by atoms with Crippen molar-refractivity contribution in [2.24, 2.45) is 11.8 Å². The van der Waals surface area contributed by atoms with Crippen LogP contribution in [0.2, 0.25) is 10.0 Å². The Hall–Kier alpha value is -2.60. The highest BCUT2D eigenvalue weighted by Gasteiger charge is 2.22. The van der Waals surface area contributed by atoms with Gasteiger partial charge in [0, 0.05) is 57.7 Å². The van der Waals surface area contributed by atoms with E-state index in [-0.39, 0.29) is 0 Å². The molecule has 1 aliphatic rings. The summed E-state index contributed by atoms with van der Waals surface area (Å²) in [5.74, 6) is 1.11. The first kappa shape index (κ1) is 21.3. The zero-order valence-electron chi connectivity index (χ0n) is 17.6. The number of rotatable bonds is 6. The SMILES string of the molecule is Clc1ccc2c(NCC3CNCC(CNc4ccnc5cc(Cl)ccc45)C3)ccnc2c1. The third-order valence-electron chi connectivity index (χ3n) is 6.10. The lowest BCUT2D eigenvalue weighted by Gasteiger charge is -2.31. The third kappa shape index (κ3) is 4.75. The summed E-state index contributed by atoms with van der Waals surface area (Å²) in [6, 6.07) is 15.8. The van der Waals surface area contributed by atoms with E-state index in [1.807, 2.05) is 60.9 Å². The molecule has 7 heteroatoms. The van der Waals surface area contributed by atoms with Crippen LogP contribution in [-0.2, 0) is 0 Å². The van der Waals surface area contributed by atoms with Gasteiger partial charge in [-0.15, -0.1) is 0 Å². The number of hydrogen-bond acceptors (Lipinski definition) is 5. The first-order chi connectivity index (χ1) is 15.7. The van der Waals surface area contributed by atoms with E-state index in [1.54, 1.807) is 0 Å². The summed E-state index contributed by atoms with van der Waals surface area (Å²) in [5, 5.41) is 14.5. The lowest BCUT2D eigenvalue weighted by molar-refractivity contribution is 0.306.